The Balaban J connectivity index is 0.000000173. The minimum absolute atomic E-state index is 0.346. The second-order valence-corrected chi connectivity index (χ2v) is 23.2. The van der Waals surface area contributed by atoms with Gasteiger partial charge >= 0.3 is 7.12 Å². The van der Waals surface area contributed by atoms with Gasteiger partial charge in [0.25, 0.3) is 0 Å². The maximum Gasteiger partial charge on any atom is 0.496 e. The Kier molecular flexibility index (Phi) is 11.9. The van der Waals surface area contributed by atoms with Gasteiger partial charge < -0.3 is 23.5 Å². The third kappa shape index (κ3) is 8.79. The molecule has 3 aromatic carbocycles. The molecule has 0 amide bonds. The molecule has 318 valence electrons. The average Bonchev–Trinajstić information content (AvgIpc) is 4.07. The second kappa shape index (κ2) is 17.3. The number of nitrogens with one attached hydrogen (secondary N) is 2. The summed E-state index contributed by atoms with van der Waals surface area (Å²) in [6.45, 7) is 16.3. The zero-order valence-corrected chi connectivity index (χ0v) is 37.8. The van der Waals surface area contributed by atoms with Crippen molar-refractivity contribution in [3.8, 4) is 56.3 Å². The number of ether oxygens (including phenoxy) is 3. The van der Waals surface area contributed by atoms with Crippen LogP contribution in [0.15, 0.2) is 110 Å². The molecule has 0 unspecified atom stereocenters. The van der Waals surface area contributed by atoms with E-state index in [0.29, 0.717) is 19.0 Å². The monoisotopic (exact) mass is 848 g/mol. The Bertz CT molecular complexity index is 2800. The predicted molar refractivity (Wildman–Crippen MR) is 248 cm³/mol. The third-order valence-electron chi connectivity index (χ3n) is 11.5. The molecule has 1 saturated heterocycles. The van der Waals surface area contributed by atoms with Crippen LogP contribution in [0.25, 0.3) is 66.8 Å². The van der Waals surface area contributed by atoms with Gasteiger partial charge in [-0.05, 0) is 87.3 Å². The van der Waals surface area contributed by atoms with Crippen LogP contribution < -0.4 is 14.9 Å². The highest BCUT2D eigenvalue weighted by Crippen LogP contribution is 2.38. The van der Waals surface area contributed by atoms with E-state index >= 15 is 0 Å². The van der Waals surface area contributed by atoms with Gasteiger partial charge in [-0.2, -0.15) is 15.3 Å². The number of methoxy groups -OCH3 is 2. The quantitative estimate of drug-likeness (QED) is 0.0901. The molecule has 62 heavy (non-hydrogen) atoms. The van der Waals surface area contributed by atoms with Crippen molar-refractivity contribution >= 4 is 42.7 Å². The molecular formula is C47H53BN8O5Si. The topological polar surface area (TPSA) is 147 Å². The van der Waals surface area contributed by atoms with Crippen LogP contribution in [0.1, 0.15) is 27.7 Å². The van der Waals surface area contributed by atoms with Gasteiger partial charge in [-0.25, -0.2) is 14.6 Å². The highest BCUT2D eigenvalue weighted by Gasteiger charge is 2.52. The molecule has 0 bridgehead atoms. The lowest BCUT2D eigenvalue weighted by Crippen LogP contribution is -2.41. The number of benzene rings is 3. The largest absolute Gasteiger partial charge is 0.496 e. The lowest BCUT2D eigenvalue weighted by Gasteiger charge is -2.32. The van der Waals surface area contributed by atoms with Crippen molar-refractivity contribution in [2.24, 2.45) is 0 Å². The van der Waals surface area contributed by atoms with Crippen molar-refractivity contribution in [3.63, 3.8) is 0 Å². The Morgan fingerprint density at radius 2 is 1.40 bits per heavy atom. The standard InChI is InChI=1S/C25H36BN3O4Si.C22H17N5O/c1-24(2)25(3,4)33-26(32-24)18-15-20-22(19-11-9-10-12-21(19)30-5)28-29(23(20)27-16-18)17-31-13-14-34(6,7)8;1-28-20-8-3-2-7-18(20)21-19-10-16(11-23-22(19)27-26-21)14-5-4-6-15(9-14)17-12-24-25-13-17/h9-12,15-16H,13-14,17H2,1-8H3;2-13H,1H3,(H,24,25)(H,23,26,27). The maximum absolute atomic E-state index is 6.27. The van der Waals surface area contributed by atoms with E-state index in [1.165, 1.54) is 0 Å². The van der Waals surface area contributed by atoms with E-state index in [-0.39, 0.29) is 0 Å². The van der Waals surface area contributed by atoms with E-state index < -0.39 is 26.4 Å². The van der Waals surface area contributed by atoms with Gasteiger partial charge in [0, 0.05) is 71.8 Å². The fourth-order valence-electron chi connectivity index (χ4n) is 7.24. The highest BCUT2D eigenvalue weighted by molar-refractivity contribution is 6.76. The van der Waals surface area contributed by atoms with Crippen LogP contribution in [0.3, 0.4) is 0 Å². The molecule has 9 rings (SSSR count). The number of hydrogen-bond acceptors (Lipinski definition) is 10. The highest BCUT2D eigenvalue weighted by atomic mass is 28.3. The van der Waals surface area contributed by atoms with Crippen LogP contribution in [-0.2, 0) is 20.8 Å². The zero-order valence-electron chi connectivity index (χ0n) is 36.8. The van der Waals surface area contributed by atoms with Crippen LogP contribution >= 0.6 is 0 Å². The Morgan fingerprint density at radius 1 is 0.726 bits per heavy atom. The molecular weight excluding hydrogens is 795 g/mol. The number of para-hydroxylation sites is 2. The lowest BCUT2D eigenvalue weighted by atomic mass is 9.80. The normalized spacial score (nSPS) is 14.6. The van der Waals surface area contributed by atoms with Crippen LogP contribution in [-0.4, -0.2) is 87.4 Å². The SMILES string of the molecule is COc1ccccc1-c1[nH]nc2ncc(-c3cccc(-c4cn[nH]c4)c3)cc12.COc1ccccc1-c1nn(COCC[Si](C)(C)C)c2ncc(B3OC(C)(C)C(C)(C)O3)cc12. The first-order chi connectivity index (χ1) is 29.7. The van der Waals surface area contributed by atoms with E-state index in [1.807, 2.05) is 84.1 Å². The summed E-state index contributed by atoms with van der Waals surface area (Å²) in [6.07, 6.45) is 7.37. The van der Waals surface area contributed by atoms with Gasteiger partial charge in [0.05, 0.1) is 37.3 Å². The summed E-state index contributed by atoms with van der Waals surface area (Å²) < 4.78 is 31.5. The van der Waals surface area contributed by atoms with Crippen molar-refractivity contribution in [3.05, 3.63) is 110 Å². The van der Waals surface area contributed by atoms with Gasteiger partial charge in [0.2, 0.25) is 0 Å². The van der Waals surface area contributed by atoms with Gasteiger partial charge in [-0.1, -0.05) is 62.1 Å². The Morgan fingerprint density at radius 3 is 2.08 bits per heavy atom. The van der Waals surface area contributed by atoms with Crippen LogP contribution in [0, 0.1) is 0 Å². The summed E-state index contributed by atoms with van der Waals surface area (Å²) in [5.74, 6) is 1.55. The van der Waals surface area contributed by atoms with Crippen LogP contribution in [0.4, 0.5) is 0 Å². The molecule has 5 aromatic heterocycles. The number of H-pyrrole nitrogens is 2. The molecule has 1 fully saturated rings. The van der Waals surface area contributed by atoms with E-state index in [2.05, 4.69) is 103 Å². The fraction of sp³-hybridized carbons (Fsp3) is 0.298. The van der Waals surface area contributed by atoms with Crippen LogP contribution in [0.2, 0.25) is 25.7 Å². The molecule has 13 nitrogen and oxygen atoms in total. The first-order valence-electron chi connectivity index (χ1n) is 20.8. The number of aromatic nitrogens is 8. The van der Waals surface area contributed by atoms with Crippen molar-refractivity contribution in [2.45, 2.75) is 71.3 Å². The van der Waals surface area contributed by atoms with Gasteiger partial charge in [-0.3, -0.25) is 10.2 Å². The first kappa shape index (κ1) is 42.6. The third-order valence-corrected chi connectivity index (χ3v) is 13.2. The van der Waals surface area contributed by atoms with Crippen molar-refractivity contribution in [2.75, 3.05) is 20.8 Å². The smallest absolute Gasteiger partial charge is 0.496 e. The first-order valence-corrected chi connectivity index (χ1v) is 24.5. The van der Waals surface area contributed by atoms with E-state index in [1.54, 1.807) is 14.2 Å². The van der Waals surface area contributed by atoms with Crippen molar-refractivity contribution < 1.29 is 23.5 Å². The van der Waals surface area contributed by atoms with Gasteiger partial charge in [0.1, 0.15) is 23.9 Å². The number of pyridine rings is 2. The maximum atomic E-state index is 6.27. The molecule has 1 aliphatic heterocycles. The molecule has 1 aliphatic rings. The predicted octanol–water partition coefficient (Wildman–Crippen LogP) is 9.41. The molecule has 6 heterocycles. The summed E-state index contributed by atoms with van der Waals surface area (Å²) in [4.78, 5) is 9.33. The van der Waals surface area contributed by atoms with Gasteiger partial charge in [0.15, 0.2) is 11.3 Å². The second-order valence-electron chi connectivity index (χ2n) is 17.6. The molecule has 8 aromatic rings. The molecule has 0 spiro atoms. The number of rotatable bonds is 12. The minimum atomic E-state index is -1.17. The zero-order chi connectivity index (χ0) is 43.6. The minimum Gasteiger partial charge on any atom is -0.496 e. The van der Waals surface area contributed by atoms with E-state index in [4.69, 9.17) is 33.6 Å². The molecule has 2 N–H and O–H groups in total. The Hall–Kier alpha value is -6.13. The molecule has 0 aliphatic carbocycles. The summed E-state index contributed by atoms with van der Waals surface area (Å²) in [7, 11) is 1.67. The average molecular weight is 849 g/mol. The summed E-state index contributed by atoms with van der Waals surface area (Å²) in [5, 5.41) is 21.1. The van der Waals surface area contributed by atoms with Crippen molar-refractivity contribution in [1.82, 2.24) is 40.1 Å². The fourth-order valence-corrected chi connectivity index (χ4v) is 8.00. The number of aromatic amines is 2. The van der Waals surface area contributed by atoms with Gasteiger partial charge in [-0.15, -0.1) is 0 Å². The molecule has 15 heteroatoms. The number of hydrogen-bond donors (Lipinski definition) is 2. The lowest BCUT2D eigenvalue weighted by molar-refractivity contribution is 0.00578. The van der Waals surface area contributed by atoms with Crippen molar-refractivity contribution in [1.29, 1.82) is 0 Å². The summed E-state index contributed by atoms with van der Waals surface area (Å²) >= 11 is 0. The van der Waals surface area contributed by atoms with E-state index in [0.717, 1.165) is 84.2 Å². The molecule has 0 atom stereocenters. The molecule has 0 radical (unpaired) electrons. The summed E-state index contributed by atoms with van der Waals surface area (Å²) in [5.41, 5.74) is 9.26. The number of fused-ring (bicyclic) bond motifs is 2. The van der Waals surface area contributed by atoms with E-state index in [9.17, 15) is 0 Å². The Labute approximate surface area is 363 Å². The number of nitrogens with zero attached hydrogens (tertiary/aromatic N) is 6. The summed E-state index contributed by atoms with van der Waals surface area (Å²) in [6, 6.07) is 29.4. The van der Waals surface area contributed by atoms with Crippen LogP contribution in [0.5, 0.6) is 11.5 Å². The molecule has 0 saturated carbocycles.